The average molecular weight is 999 g/mol. The Morgan fingerprint density at radius 2 is 1.59 bits per heavy atom. The number of hydrogen-bond acceptors (Lipinski definition) is 14. The fourth-order valence-electron chi connectivity index (χ4n) is 8.00. The largest absolute Gasteiger partial charge is 0.487 e. The van der Waals surface area contributed by atoms with E-state index in [9.17, 15) is 29.4 Å². The number of nitrogens with zero attached hydrogens (tertiary/aromatic N) is 1. The van der Waals surface area contributed by atoms with Gasteiger partial charge < -0.3 is 60.9 Å². The van der Waals surface area contributed by atoms with E-state index in [1.807, 2.05) is 63.2 Å². The van der Waals surface area contributed by atoms with Crippen molar-refractivity contribution in [2.24, 2.45) is 11.7 Å². The van der Waals surface area contributed by atoms with E-state index in [4.69, 9.17) is 29.4 Å². The summed E-state index contributed by atoms with van der Waals surface area (Å²) in [5.74, 6) is -1.96. The van der Waals surface area contributed by atoms with Crippen LogP contribution in [0.5, 0.6) is 17.2 Å². The molecule has 1 aliphatic heterocycles. The molecule has 1 aliphatic rings. The maximum absolute atomic E-state index is 15.6. The van der Waals surface area contributed by atoms with E-state index in [2.05, 4.69) is 26.3 Å². The van der Waals surface area contributed by atoms with Crippen LogP contribution in [0.3, 0.4) is 0 Å². The summed E-state index contributed by atoms with van der Waals surface area (Å²) >= 11 is 1.33. The van der Waals surface area contributed by atoms with Crippen molar-refractivity contribution in [1.29, 1.82) is 0 Å². The number of nitrogens with one attached hydrogen (secondary N) is 4. The molecule has 5 aromatic rings. The first-order valence-electron chi connectivity index (χ1n) is 23.5. The van der Waals surface area contributed by atoms with Gasteiger partial charge in [0.05, 0.1) is 45.2 Å². The lowest BCUT2D eigenvalue weighted by Gasteiger charge is -2.37. The number of aliphatic hydroxyl groups excluding tert-OH is 1. The highest BCUT2D eigenvalue weighted by Gasteiger charge is 2.36. The summed E-state index contributed by atoms with van der Waals surface area (Å²) in [5.41, 5.74) is 8.87. The highest BCUT2D eigenvalue weighted by molar-refractivity contribution is 7.13. The van der Waals surface area contributed by atoms with Crippen molar-refractivity contribution in [2.75, 3.05) is 64.7 Å². The first-order valence-corrected chi connectivity index (χ1v) is 24.4. The molecule has 4 aromatic carbocycles. The van der Waals surface area contributed by atoms with E-state index < -0.39 is 41.4 Å². The van der Waals surface area contributed by atoms with Gasteiger partial charge >= 0.3 is 5.97 Å². The van der Waals surface area contributed by atoms with E-state index in [0.717, 1.165) is 16.7 Å². The van der Waals surface area contributed by atoms with Crippen molar-refractivity contribution in [3.63, 3.8) is 0 Å². The third-order valence-electron chi connectivity index (χ3n) is 11.6. The summed E-state index contributed by atoms with van der Waals surface area (Å²) in [6, 6.07) is 21.7. The van der Waals surface area contributed by atoms with Crippen LogP contribution in [0, 0.1) is 11.7 Å². The quantitative estimate of drug-likeness (QED) is 0.0292. The van der Waals surface area contributed by atoms with Crippen LogP contribution in [0.2, 0.25) is 0 Å². The summed E-state index contributed by atoms with van der Waals surface area (Å²) in [5, 5.41) is 33.9. The smallest absolute Gasteiger partial charge is 0.335 e. The molecule has 3 amide bonds. The first kappa shape index (κ1) is 54.0. The van der Waals surface area contributed by atoms with Gasteiger partial charge in [-0.25, -0.2) is 14.2 Å². The van der Waals surface area contributed by atoms with Crippen molar-refractivity contribution in [1.82, 2.24) is 20.9 Å². The lowest BCUT2D eigenvalue weighted by atomic mass is 9.81. The lowest BCUT2D eigenvalue weighted by molar-refractivity contribution is -0.135. The number of rotatable bonds is 28. The SMILES string of the molecule is CC(C)C[C@H](NC(=O)[C@@H](O)[C@H](N)Cc1ccccc1)C(=O)NCCOCCOCCOCCOc1cc2c(cc1Oc1ccc(-c3ccc(C(=O)O)cc3)c(F)c1)[C@@](C)(CC(=O)Nc1nccs1)NCC2. The van der Waals surface area contributed by atoms with Crippen molar-refractivity contribution in [2.45, 2.75) is 70.2 Å². The second-order valence-electron chi connectivity index (χ2n) is 17.6. The van der Waals surface area contributed by atoms with Gasteiger partial charge in [-0.2, -0.15) is 0 Å². The zero-order chi connectivity index (χ0) is 50.8. The number of aromatic carboxylic acids is 1. The summed E-state index contributed by atoms with van der Waals surface area (Å²) in [7, 11) is 0. The topological polar surface area (TPSA) is 242 Å². The van der Waals surface area contributed by atoms with Crippen LogP contribution >= 0.6 is 11.3 Å². The predicted octanol–water partition coefficient (Wildman–Crippen LogP) is 5.84. The van der Waals surface area contributed by atoms with Gasteiger partial charge in [0.1, 0.15) is 30.3 Å². The Morgan fingerprint density at radius 1 is 0.887 bits per heavy atom. The van der Waals surface area contributed by atoms with E-state index in [1.54, 1.807) is 35.8 Å². The molecule has 0 spiro atoms. The number of aromatic nitrogens is 1. The molecular weight excluding hydrogens is 936 g/mol. The highest BCUT2D eigenvalue weighted by Crippen LogP contribution is 2.42. The van der Waals surface area contributed by atoms with Crippen LogP contribution in [-0.4, -0.2) is 116 Å². The van der Waals surface area contributed by atoms with Crippen LogP contribution in [0.25, 0.3) is 11.1 Å². The third-order valence-corrected chi connectivity index (χ3v) is 12.3. The molecule has 0 saturated carbocycles. The Kier molecular flexibility index (Phi) is 20.4. The third kappa shape index (κ3) is 16.4. The fraction of sp³-hybridized carbons (Fsp3) is 0.404. The lowest BCUT2D eigenvalue weighted by Crippen LogP contribution is -2.54. The minimum absolute atomic E-state index is 0.0901. The molecule has 6 rings (SSSR count). The van der Waals surface area contributed by atoms with Crippen LogP contribution in [0.4, 0.5) is 9.52 Å². The van der Waals surface area contributed by atoms with Gasteiger partial charge in [0, 0.05) is 54.3 Å². The fourth-order valence-corrected chi connectivity index (χ4v) is 8.54. The number of fused-ring (bicyclic) bond motifs is 1. The monoisotopic (exact) mass is 998 g/mol. The molecule has 1 aromatic heterocycles. The highest BCUT2D eigenvalue weighted by atomic mass is 32.1. The van der Waals surface area contributed by atoms with Gasteiger partial charge in [-0.05, 0) is 90.8 Å². The Balaban J connectivity index is 0.948. The number of ether oxygens (including phenoxy) is 5. The van der Waals surface area contributed by atoms with E-state index >= 15 is 4.39 Å². The van der Waals surface area contributed by atoms with Crippen LogP contribution in [0.15, 0.2) is 96.5 Å². The first-order chi connectivity index (χ1) is 34.2. The summed E-state index contributed by atoms with van der Waals surface area (Å²) in [4.78, 5) is 54.5. The Labute approximate surface area is 416 Å². The van der Waals surface area contributed by atoms with Crippen molar-refractivity contribution >= 4 is 40.2 Å². The molecule has 8 N–H and O–H groups in total. The van der Waals surface area contributed by atoms with E-state index in [1.165, 1.54) is 29.5 Å². The number of hydrogen-bond donors (Lipinski definition) is 7. The number of carbonyl (C=O) groups excluding carboxylic acids is 3. The standard InChI is InChI=1S/C52H63FN6O11S/c1-33(2)27-43(58-49(63)47(61)42(54)28-34-7-5-4-6-8-34)48(62)55-17-19-66-20-21-67-22-23-68-24-25-69-44-29-37-15-16-57-52(3,32-46(60)59-51-56-18-26-71-51)40(37)31-45(44)70-38-13-14-39(41(53)30-38)35-9-11-36(12-10-35)50(64)65/h4-14,18,26,29-31,33,42-43,47,57,61H,15-17,19-25,27-28,32,54H2,1-3H3,(H,55,62)(H,58,63)(H,64,65)(H,56,59,60)/t42-,43+,47+,52-/m1/s1. The number of aliphatic hydroxyl groups is 1. The number of halogens is 1. The van der Waals surface area contributed by atoms with Crippen LogP contribution < -0.4 is 36.5 Å². The normalized spacial score (nSPS) is 15.5. The number of carboxylic acids is 1. The molecule has 380 valence electrons. The summed E-state index contributed by atoms with van der Waals surface area (Å²) < 4.78 is 45.2. The van der Waals surface area contributed by atoms with Gasteiger partial charge in [0.25, 0.3) is 5.91 Å². The molecule has 2 heterocycles. The minimum atomic E-state index is -1.49. The maximum Gasteiger partial charge on any atom is 0.335 e. The van der Waals surface area contributed by atoms with Crippen molar-refractivity contribution in [3.05, 3.63) is 125 Å². The summed E-state index contributed by atoms with van der Waals surface area (Å²) in [6.07, 6.45) is 1.56. The Hall–Kier alpha value is -6.32. The number of carbonyl (C=O) groups is 4. The van der Waals surface area contributed by atoms with Gasteiger partial charge in [0.2, 0.25) is 11.8 Å². The van der Waals surface area contributed by atoms with Gasteiger partial charge in [-0.15, -0.1) is 11.3 Å². The average Bonchev–Trinajstić information content (AvgIpc) is 3.85. The van der Waals surface area contributed by atoms with Crippen LogP contribution in [0.1, 0.15) is 60.7 Å². The second-order valence-corrected chi connectivity index (χ2v) is 18.5. The van der Waals surface area contributed by atoms with Crippen LogP contribution in [-0.2, 0) is 47.0 Å². The van der Waals surface area contributed by atoms with Crippen molar-refractivity contribution in [3.8, 4) is 28.4 Å². The van der Waals surface area contributed by atoms with E-state index in [-0.39, 0.29) is 93.8 Å². The van der Waals surface area contributed by atoms with Gasteiger partial charge in [-0.3, -0.25) is 14.4 Å². The second kappa shape index (κ2) is 26.8. The maximum atomic E-state index is 15.6. The molecule has 0 saturated heterocycles. The zero-order valence-electron chi connectivity index (χ0n) is 40.1. The molecule has 0 fully saturated rings. The molecule has 17 nitrogen and oxygen atoms in total. The molecule has 71 heavy (non-hydrogen) atoms. The predicted molar refractivity (Wildman–Crippen MR) is 266 cm³/mol. The molecule has 0 aliphatic carbocycles. The zero-order valence-corrected chi connectivity index (χ0v) is 40.9. The number of carboxylic acid groups (broad SMARTS) is 1. The number of anilines is 1. The summed E-state index contributed by atoms with van der Waals surface area (Å²) in [6.45, 7) is 8.33. The molecule has 4 atom stereocenters. The Bertz CT molecular complexity index is 2520. The molecule has 0 bridgehead atoms. The number of nitrogens with two attached hydrogens (primary N) is 1. The Morgan fingerprint density at radius 3 is 2.25 bits per heavy atom. The van der Waals surface area contributed by atoms with Gasteiger partial charge in [-0.1, -0.05) is 56.3 Å². The van der Waals surface area contributed by atoms with E-state index in [0.29, 0.717) is 48.0 Å². The molecule has 0 radical (unpaired) electrons. The minimum Gasteiger partial charge on any atom is -0.487 e. The van der Waals surface area contributed by atoms with Gasteiger partial charge in [0.15, 0.2) is 16.6 Å². The molecule has 0 unspecified atom stereocenters. The molecule has 19 heteroatoms. The number of amides is 3. The number of benzene rings is 4. The molecular formula is C52H63FN6O11S. The number of thiazole rings is 1. The van der Waals surface area contributed by atoms with Crippen molar-refractivity contribution < 1.29 is 57.5 Å².